The molecule has 0 amide bonds. The zero-order chi connectivity index (χ0) is 19.2. The van der Waals surface area contributed by atoms with Gasteiger partial charge in [0.15, 0.2) is 0 Å². The van der Waals surface area contributed by atoms with Crippen molar-refractivity contribution >= 4 is 5.97 Å². The molecular formula is C20H24FN3O3. The molecular weight excluding hydrogens is 349 g/mol. The minimum Gasteiger partial charge on any atom is -0.496 e. The number of rotatable bonds is 6. The molecule has 1 aromatic carbocycles. The summed E-state index contributed by atoms with van der Waals surface area (Å²) in [4.78, 5) is 20.3. The average molecular weight is 373 g/mol. The second-order valence-corrected chi connectivity index (χ2v) is 6.65. The summed E-state index contributed by atoms with van der Waals surface area (Å²) in [6, 6.07) is 7.03. The monoisotopic (exact) mass is 373 g/mol. The summed E-state index contributed by atoms with van der Waals surface area (Å²) in [5.41, 5.74) is 1.48. The molecule has 0 aliphatic carbocycles. The molecule has 0 spiro atoms. The van der Waals surface area contributed by atoms with Crippen molar-refractivity contribution in [1.29, 1.82) is 0 Å². The summed E-state index contributed by atoms with van der Waals surface area (Å²) >= 11 is 0. The summed E-state index contributed by atoms with van der Waals surface area (Å²) in [5.74, 6) is -1.08. The maximum atomic E-state index is 13.8. The minimum absolute atomic E-state index is 0.353. The molecule has 1 atom stereocenters. The summed E-state index contributed by atoms with van der Waals surface area (Å²) in [7, 11) is 1.47. The van der Waals surface area contributed by atoms with Crippen LogP contribution in [0.25, 0.3) is 0 Å². The van der Waals surface area contributed by atoms with Gasteiger partial charge in [0.05, 0.1) is 7.11 Å². The van der Waals surface area contributed by atoms with E-state index in [-0.39, 0.29) is 0 Å². The zero-order valence-electron chi connectivity index (χ0n) is 15.3. The van der Waals surface area contributed by atoms with Crippen LogP contribution in [0.4, 0.5) is 4.39 Å². The Morgan fingerprint density at radius 1 is 1.30 bits per heavy atom. The van der Waals surface area contributed by atoms with Crippen LogP contribution < -0.4 is 4.74 Å². The molecule has 0 radical (unpaired) electrons. The number of halogens is 1. The van der Waals surface area contributed by atoms with Crippen molar-refractivity contribution < 1.29 is 19.0 Å². The highest BCUT2D eigenvalue weighted by Crippen LogP contribution is 2.31. The first-order chi connectivity index (χ1) is 13.1. The van der Waals surface area contributed by atoms with Gasteiger partial charge in [0.2, 0.25) is 0 Å². The second kappa shape index (κ2) is 8.92. The normalized spacial score (nSPS) is 17.3. The Morgan fingerprint density at radius 3 is 2.85 bits per heavy atom. The smallest absolute Gasteiger partial charge is 0.325 e. The fraction of sp³-hybridized carbons (Fsp3) is 0.400. The van der Waals surface area contributed by atoms with Gasteiger partial charge in [0.1, 0.15) is 17.6 Å². The van der Waals surface area contributed by atoms with Crippen molar-refractivity contribution in [1.82, 2.24) is 14.8 Å². The third-order valence-electron chi connectivity index (χ3n) is 4.84. The predicted octanol–water partition coefficient (Wildman–Crippen LogP) is 2.56. The Bertz CT molecular complexity index is 772. The van der Waals surface area contributed by atoms with Crippen molar-refractivity contribution in [2.24, 2.45) is 0 Å². The van der Waals surface area contributed by atoms with Crippen molar-refractivity contribution in [3.63, 3.8) is 0 Å². The lowest BCUT2D eigenvalue weighted by atomic mass is 10.0. The molecule has 0 bridgehead atoms. The highest BCUT2D eigenvalue weighted by atomic mass is 19.1. The van der Waals surface area contributed by atoms with Gasteiger partial charge >= 0.3 is 5.97 Å². The summed E-state index contributed by atoms with van der Waals surface area (Å²) in [6.07, 6.45) is 4.43. The Morgan fingerprint density at radius 2 is 2.15 bits per heavy atom. The Kier molecular flexibility index (Phi) is 6.36. The molecule has 6 nitrogen and oxygen atoms in total. The van der Waals surface area contributed by atoms with E-state index in [1.807, 2.05) is 23.2 Å². The summed E-state index contributed by atoms with van der Waals surface area (Å²) in [6.45, 7) is 3.59. The number of aliphatic carboxylic acids is 1. The van der Waals surface area contributed by atoms with Crippen LogP contribution in [0.1, 0.15) is 23.6 Å². The summed E-state index contributed by atoms with van der Waals surface area (Å²) < 4.78 is 19.1. The number of ether oxygens (including phenoxy) is 1. The molecule has 3 rings (SSSR count). The minimum atomic E-state index is -1.00. The lowest BCUT2D eigenvalue weighted by molar-refractivity contribution is -0.143. The van der Waals surface area contributed by atoms with E-state index in [2.05, 4.69) is 9.88 Å². The van der Waals surface area contributed by atoms with Gasteiger partial charge in [-0.05, 0) is 42.8 Å². The van der Waals surface area contributed by atoms with E-state index in [0.29, 0.717) is 24.4 Å². The molecule has 1 aliphatic rings. The molecule has 1 aliphatic heterocycles. The van der Waals surface area contributed by atoms with Crippen LogP contribution in [-0.4, -0.2) is 59.1 Å². The molecule has 27 heavy (non-hydrogen) atoms. The van der Waals surface area contributed by atoms with Crippen molar-refractivity contribution in [2.45, 2.75) is 19.0 Å². The van der Waals surface area contributed by atoms with Gasteiger partial charge in [-0.15, -0.1) is 0 Å². The van der Waals surface area contributed by atoms with Crippen LogP contribution in [-0.2, 0) is 11.3 Å². The Hall–Kier alpha value is -2.51. The number of aromatic nitrogens is 1. The van der Waals surface area contributed by atoms with Gasteiger partial charge in [-0.3, -0.25) is 19.6 Å². The second-order valence-electron chi connectivity index (χ2n) is 6.65. The largest absolute Gasteiger partial charge is 0.496 e. The fourth-order valence-electron chi connectivity index (χ4n) is 3.56. The number of carboxylic acids is 1. The zero-order valence-corrected chi connectivity index (χ0v) is 15.3. The van der Waals surface area contributed by atoms with E-state index in [1.165, 1.54) is 25.3 Å². The van der Waals surface area contributed by atoms with Gasteiger partial charge in [0.25, 0.3) is 0 Å². The Labute approximate surface area is 158 Å². The first-order valence-corrected chi connectivity index (χ1v) is 9.00. The Balaban J connectivity index is 1.76. The average Bonchev–Trinajstić information content (AvgIpc) is 2.88. The lowest BCUT2D eigenvalue weighted by Gasteiger charge is -2.29. The number of hydrogen-bond donors (Lipinski definition) is 1. The van der Waals surface area contributed by atoms with Gasteiger partial charge in [-0.2, -0.15) is 0 Å². The number of pyridine rings is 1. The van der Waals surface area contributed by atoms with Crippen molar-refractivity contribution in [2.75, 3.05) is 33.3 Å². The first-order valence-electron chi connectivity index (χ1n) is 9.00. The van der Waals surface area contributed by atoms with Gasteiger partial charge in [-0.1, -0.05) is 6.07 Å². The predicted molar refractivity (Wildman–Crippen MR) is 99.0 cm³/mol. The maximum absolute atomic E-state index is 13.8. The van der Waals surface area contributed by atoms with E-state index in [0.717, 1.165) is 31.6 Å². The van der Waals surface area contributed by atoms with Gasteiger partial charge in [0, 0.05) is 44.1 Å². The number of carboxylic acid groups (broad SMARTS) is 1. The molecule has 1 aromatic heterocycles. The molecule has 0 saturated carbocycles. The number of benzene rings is 1. The third kappa shape index (κ3) is 4.81. The quantitative estimate of drug-likeness (QED) is 0.840. The fourth-order valence-corrected chi connectivity index (χ4v) is 3.56. The number of carbonyl (C=O) groups is 1. The van der Waals surface area contributed by atoms with Gasteiger partial charge in [-0.25, -0.2) is 4.39 Å². The molecule has 1 fully saturated rings. The number of nitrogens with zero attached hydrogens (tertiary/aromatic N) is 3. The van der Waals surface area contributed by atoms with Gasteiger partial charge < -0.3 is 9.84 Å². The van der Waals surface area contributed by atoms with E-state index in [1.54, 1.807) is 6.20 Å². The topological polar surface area (TPSA) is 65.9 Å². The van der Waals surface area contributed by atoms with E-state index in [9.17, 15) is 14.3 Å². The van der Waals surface area contributed by atoms with Crippen LogP contribution >= 0.6 is 0 Å². The molecule has 2 heterocycles. The first kappa shape index (κ1) is 19.3. The van der Waals surface area contributed by atoms with Crippen LogP contribution in [0.3, 0.4) is 0 Å². The number of hydrogen-bond acceptors (Lipinski definition) is 5. The van der Waals surface area contributed by atoms with Crippen LogP contribution in [0.5, 0.6) is 5.75 Å². The van der Waals surface area contributed by atoms with Crippen LogP contribution in [0.15, 0.2) is 42.7 Å². The molecule has 1 saturated heterocycles. The van der Waals surface area contributed by atoms with Crippen LogP contribution in [0.2, 0.25) is 0 Å². The maximum Gasteiger partial charge on any atom is 0.325 e. The van der Waals surface area contributed by atoms with Crippen molar-refractivity contribution in [3.8, 4) is 5.75 Å². The highest BCUT2D eigenvalue weighted by molar-refractivity contribution is 5.76. The number of methoxy groups -OCH3 is 1. The van der Waals surface area contributed by atoms with E-state index < -0.39 is 17.8 Å². The molecule has 0 unspecified atom stereocenters. The van der Waals surface area contributed by atoms with Crippen LogP contribution in [0, 0.1) is 5.82 Å². The molecule has 2 aromatic rings. The third-order valence-corrected chi connectivity index (χ3v) is 4.84. The lowest BCUT2D eigenvalue weighted by Crippen LogP contribution is -2.37. The summed E-state index contributed by atoms with van der Waals surface area (Å²) in [5, 5.41) is 9.84. The van der Waals surface area contributed by atoms with E-state index in [4.69, 9.17) is 4.74 Å². The van der Waals surface area contributed by atoms with E-state index >= 15 is 0 Å². The SMILES string of the molecule is COc1ccc(F)cc1[C@H](C(=O)O)N1CCCN(Cc2cccnc2)CC1. The molecule has 1 N–H and O–H groups in total. The highest BCUT2D eigenvalue weighted by Gasteiger charge is 2.31. The standard InChI is InChI=1S/C20H24FN3O3/c1-27-18-6-5-16(21)12-17(18)19(20(25)26)24-9-3-8-23(10-11-24)14-15-4-2-7-22-13-15/h2,4-7,12-13,19H,3,8-11,14H2,1H3,(H,25,26)/t19-/m1/s1. The molecule has 144 valence electrons. The molecule has 7 heteroatoms. The van der Waals surface area contributed by atoms with Crippen molar-refractivity contribution in [3.05, 3.63) is 59.7 Å².